The number of hydrogen-bond donors (Lipinski definition) is 3. The molecule has 0 aliphatic carbocycles. The van der Waals surface area contributed by atoms with Crippen LogP contribution in [-0.2, 0) is 0 Å². The van der Waals surface area contributed by atoms with Gasteiger partial charge in [-0.25, -0.2) is 4.79 Å². The molecular weight excluding hydrogens is 254 g/mol. The van der Waals surface area contributed by atoms with Crippen LogP contribution >= 0.6 is 0 Å². The van der Waals surface area contributed by atoms with Crippen molar-refractivity contribution in [3.8, 4) is 0 Å². The number of rotatable bonds is 2. The fourth-order valence-electron chi connectivity index (χ4n) is 2.32. The minimum atomic E-state index is -0.292. The largest absolute Gasteiger partial charge is 0.398 e. The van der Waals surface area contributed by atoms with Crippen molar-refractivity contribution < 1.29 is 4.79 Å². The number of hydrogen-bond acceptors (Lipinski definition) is 3. The van der Waals surface area contributed by atoms with Crippen molar-refractivity contribution in [1.29, 1.82) is 0 Å². The van der Waals surface area contributed by atoms with Gasteiger partial charge < -0.3 is 15.7 Å². The lowest BCUT2D eigenvalue weighted by Gasteiger charge is -2.08. The van der Waals surface area contributed by atoms with Gasteiger partial charge in [0.1, 0.15) is 0 Å². The molecule has 0 atom stereocenters. The van der Waals surface area contributed by atoms with E-state index in [-0.39, 0.29) is 11.5 Å². The highest BCUT2D eigenvalue weighted by atomic mass is 16.1. The molecule has 3 rings (SSSR count). The lowest BCUT2D eigenvalue weighted by molar-refractivity contribution is 0.103. The highest BCUT2D eigenvalue weighted by Crippen LogP contribution is 2.21. The van der Waals surface area contributed by atoms with Crippen LogP contribution in [0.25, 0.3) is 11.0 Å². The second-order valence-electron chi connectivity index (χ2n) is 4.71. The molecule has 0 amide bonds. The summed E-state index contributed by atoms with van der Waals surface area (Å²) >= 11 is 0. The lowest BCUT2D eigenvalue weighted by atomic mass is 9.97. The van der Waals surface area contributed by atoms with Gasteiger partial charge in [0, 0.05) is 16.8 Å². The normalized spacial score (nSPS) is 10.8. The molecule has 0 radical (unpaired) electrons. The number of nitrogen functional groups attached to an aromatic ring is 1. The molecule has 20 heavy (non-hydrogen) atoms. The Morgan fingerprint density at radius 2 is 1.85 bits per heavy atom. The van der Waals surface area contributed by atoms with Crippen molar-refractivity contribution in [3.05, 3.63) is 63.6 Å². The summed E-state index contributed by atoms with van der Waals surface area (Å²) in [4.78, 5) is 29.1. The Morgan fingerprint density at radius 3 is 2.60 bits per heavy atom. The molecule has 0 unspecified atom stereocenters. The van der Waals surface area contributed by atoms with Crippen LogP contribution in [0, 0.1) is 6.92 Å². The number of H-pyrrole nitrogens is 2. The molecule has 1 aromatic heterocycles. The monoisotopic (exact) mass is 267 g/mol. The summed E-state index contributed by atoms with van der Waals surface area (Å²) in [6.07, 6.45) is 0. The summed E-state index contributed by atoms with van der Waals surface area (Å²) in [5, 5.41) is 0. The summed E-state index contributed by atoms with van der Waals surface area (Å²) in [5.41, 5.74) is 9.16. The first-order valence-electron chi connectivity index (χ1n) is 6.18. The maximum Gasteiger partial charge on any atom is 0.323 e. The average Bonchev–Trinajstić information content (AvgIpc) is 2.77. The topological polar surface area (TPSA) is 91.7 Å². The molecule has 0 saturated heterocycles. The van der Waals surface area contributed by atoms with E-state index in [1.54, 1.807) is 24.3 Å². The molecule has 5 nitrogen and oxygen atoms in total. The molecule has 0 saturated carbocycles. The van der Waals surface area contributed by atoms with Gasteiger partial charge in [-0.15, -0.1) is 0 Å². The van der Waals surface area contributed by atoms with Crippen molar-refractivity contribution in [1.82, 2.24) is 9.97 Å². The predicted octanol–water partition coefficient (Wildman–Crippen LogP) is 1.98. The van der Waals surface area contributed by atoms with Gasteiger partial charge >= 0.3 is 5.69 Å². The zero-order valence-electron chi connectivity index (χ0n) is 10.9. The highest BCUT2D eigenvalue weighted by Gasteiger charge is 2.15. The number of nitrogens with two attached hydrogens (primary N) is 1. The zero-order valence-corrected chi connectivity index (χ0v) is 10.9. The Morgan fingerprint density at radius 1 is 1.10 bits per heavy atom. The van der Waals surface area contributed by atoms with Crippen molar-refractivity contribution >= 4 is 22.5 Å². The molecule has 100 valence electrons. The van der Waals surface area contributed by atoms with Gasteiger partial charge in [-0.05, 0) is 36.8 Å². The first-order chi connectivity index (χ1) is 9.56. The van der Waals surface area contributed by atoms with E-state index in [4.69, 9.17) is 5.73 Å². The molecule has 0 aliphatic heterocycles. The molecular formula is C15H13N3O2. The highest BCUT2D eigenvalue weighted by molar-refractivity contribution is 6.14. The molecule has 1 heterocycles. The molecule has 5 heteroatoms. The minimum absolute atomic E-state index is 0.149. The van der Waals surface area contributed by atoms with Crippen molar-refractivity contribution in [3.63, 3.8) is 0 Å². The lowest BCUT2D eigenvalue weighted by Crippen LogP contribution is -2.07. The Bertz CT molecular complexity index is 854. The van der Waals surface area contributed by atoms with Crippen molar-refractivity contribution in [2.45, 2.75) is 6.92 Å². The fraction of sp³-hybridized carbons (Fsp3) is 0.0667. The molecule has 0 spiro atoms. The summed E-state index contributed by atoms with van der Waals surface area (Å²) in [5.74, 6) is -0.149. The maximum absolute atomic E-state index is 12.6. The number of carbonyl (C=O) groups excluding carboxylic acids is 1. The Balaban J connectivity index is 2.15. The van der Waals surface area contributed by atoms with Crippen molar-refractivity contribution in [2.24, 2.45) is 0 Å². The minimum Gasteiger partial charge on any atom is -0.398 e. The van der Waals surface area contributed by atoms with Crippen LogP contribution in [0.15, 0.2) is 41.2 Å². The van der Waals surface area contributed by atoms with Crippen molar-refractivity contribution in [2.75, 3.05) is 5.73 Å². The van der Waals surface area contributed by atoms with Gasteiger partial charge in [0.2, 0.25) is 0 Å². The Labute approximate surface area is 114 Å². The predicted molar refractivity (Wildman–Crippen MR) is 77.9 cm³/mol. The first-order valence-corrected chi connectivity index (χ1v) is 6.18. The summed E-state index contributed by atoms with van der Waals surface area (Å²) in [6.45, 7) is 1.85. The van der Waals surface area contributed by atoms with Crippen LogP contribution in [0.2, 0.25) is 0 Å². The third kappa shape index (κ3) is 1.89. The van der Waals surface area contributed by atoms with Gasteiger partial charge in [0.25, 0.3) is 0 Å². The van der Waals surface area contributed by atoms with Crippen LogP contribution in [-0.4, -0.2) is 15.8 Å². The number of benzene rings is 2. The Kier molecular flexibility index (Phi) is 2.68. The number of aromatic amines is 2. The van der Waals surface area contributed by atoms with Gasteiger partial charge in [0.15, 0.2) is 5.78 Å². The molecule has 2 aromatic carbocycles. The quantitative estimate of drug-likeness (QED) is 0.489. The maximum atomic E-state index is 12.6. The van der Waals surface area contributed by atoms with Gasteiger partial charge in [-0.2, -0.15) is 0 Å². The van der Waals surface area contributed by atoms with Crippen LogP contribution < -0.4 is 11.4 Å². The van der Waals surface area contributed by atoms with Gasteiger partial charge in [-0.1, -0.05) is 12.1 Å². The second kappa shape index (κ2) is 4.38. The fourth-order valence-corrected chi connectivity index (χ4v) is 2.32. The molecule has 0 aliphatic rings. The number of ketones is 1. The van der Waals surface area contributed by atoms with Gasteiger partial charge in [-0.3, -0.25) is 4.79 Å². The van der Waals surface area contributed by atoms with E-state index in [1.807, 2.05) is 19.1 Å². The summed E-state index contributed by atoms with van der Waals surface area (Å²) in [7, 11) is 0. The number of aromatic nitrogens is 2. The van der Waals surface area contributed by atoms with Crippen LogP contribution in [0.3, 0.4) is 0 Å². The van der Waals surface area contributed by atoms with Crippen LogP contribution in [0.5, 0.6) is 0 Å². The van der Waals surface area contributed by atoms with E-state index in [1.165, 1.54) is 0 Å². The standard InChI is InChI=1S/C15H13N3O2/c1-8-3-2-4-10(16)13(8)14(19)9-5-6-11-12(7-9)18-15(20)17-11/h2-7H,16H2,1H3,(H2,17,18,20). The van der Waals surface area contributed by atoms with E-state index in [2.05, 4.69) is 9.97 Å². The number of anilines is 1. The van der Waals surface area contributed by atoms with Crippen LogP contribution in [0.1, 0.15) is 21.5 Å². The molecule has 4 N–H and O–H groups in total. The summed E-state index contributed by atoms with van der Waals surface area (Å²) in [6, 6.07) is 10.4. The number of imidazole rings is 1. The second-order valence-corrected chi connectivity index (χ2v) is 4.71. The smallest absolute Gasteiger partial charge is 0.323 e. The third-order valence-electron chi connectivity index (χ3n) is 3.31. The van der Waals surface area contributed by atoms with E-state index >= 15 is 0 Å². The number of carbonyl (C=O) groups is 1. The van der Waals surface area contributed by atoms with Gasteiger partial charge in [0.05, 0.1) is 11.0 Å². The van der Waals surface area contributed by atoms with E-state index in [9.17, 15) is 9.59 Å². The van der Waals surface area contributed by atoms with Crippen LogP contribution in [0.4, 0.5) is 5.69 Å². The van der Waals surface area contributed by atoms with E-state index < -0.39 is 0 Å². The molecule has 3 aromatic rings. The molecule has 0 fully saturated rings. The number of fused-ring (bicyclic) bond motifs is 1. The average molecular weight is 267 g/mol. The Hall–Kier alpha value is -2.82. The SMILES string of the molecule is Cc1cccc(N)c1C(=O)c1ccc2[nH]c(=O)[nH]c2c1. The summed E-state index contributed by atoms with van der Waals surface area (Å²) < 4.78 is 0. The zero-order chi connectivity index (χ0) is 14.3. The van der Waals surface area contributed by atoms with E-state index in [0.29, 0.717) is 27.8 Å². The molecule has 0 bridgehead atoms. The number of aryl methyl sites for hydroxylation is 1. The number of nitrogens with one attached hydrogen (secondary N) is 2. The first kappa shape index (κ1) is 12.2. The van der Waals surface area contributed by atoms with E-state index in [0.717, 1.165) is 5.56 Å². The third-order valence-corrected chi connectivity index (χ3v) is 3.31.